The predicted octanol–water partition coefficient (Wildman–Crippen LogP) is 1.85. The second-order valence-corrected chi connectivity index (χ2v) is 3.76. The molecule has 17 heavy (non-hydrogen) atoms. The summed E-state index contributed by atoms with van der Waals surface area (Å²) in [5, 5.41) is 2.19. The first kappa shape index (κ1) is 11.5. The molecule has 2 aromatic rings. The third kappa shape index (κ3) is 2.42. The van der Waals surface area contributed by atoms with Gasteiger partial charge in [-0.3, -0.25) is 9.98 Å². The maximum absolute atomic E-state index is 5.52. The lowest BCUT2D eigenvalue weighted by atomic mass is 10.1. The maximum atomic E-state index is 5.52. The predicted molar refractivity (Wildman–Crippen MR) is 70.8 cm³/mol. The van der Waals surface area contributed by atoms with Gasteiger partial charge in [0.05, 0.1) is 0 Å². The Labute approximate surface area is 101 Å². The summed E-state index contributed by atoms with van der Waals surface area (Å²) in [7, 11) is 0. The third-order valence-electron chi connectivity index (χ3n) is 2.53. The zero-order valence-electron chi connectivity index (χ0n) is 9.85. The summed E-state index contributed by atoms with van der Waals surface area (Å²) in [6.45, 7) is 2.82. The van der Waals surface area contributed by atoms with Gasteiger partial charge in [0.25, 0.3) is 0 Å². The van der Waals surface area contributed by atoms with Crippen LogP contribution in [0, 0.1) is 0 Å². The van der Waals surface area contributed by atoms with E-state index in [0.29, 0.717) is 5.84 Å². The highest BCUT2D eigenvalue weighted by atomic mass is 15.3. The quantitative estimate of drug-likeness (QED) is 0.365. The fourth-order valence-corrected chi connectivity index (χ4v) is 1.72. The number of amidine groups is 1. The van der Waals surface area contributed by atoms with Gasteiger partial charge in [0.15, 0.2) is 5.84 Å². The second kappa shape index (κ2) is 5.41. The summed E-state index contributed by atoms with van der Waals surface area (Å²) in [5.74, 6) is 6.16. The molecule has 0 spiro atoms. The molecular weight excluding hydrogens is 212 g/mol. The van der Waals surface area contributed by atoms with Gasteiger partial charge in [-0.05, 0) is 17.9 Å². The van der Waals surface area contributed by atoms with E-state index in [9.17, 15) is 0 Å². The summed E-state index contributed by atoms with van der Waals surface area (Å²) in [6.07, 6.45) is 2.76. The van der Waals surface area contributed by atoms with Crippen LogP contribution in [0.25, 0.3) is 10.8 Å². The minimum Gasteiger partial charge on any atom is -0.307 e. The number of pyridine rings is 1. The van der Waals surface area contributed by atoms with E-state index in [1.54, 1.807) is 6.20 Å². The average Bonchev–Trinajstić information content (AvgIpc) is 2.40. The third-order valence-corrected chi connectivity index (χ3v) is 2.53. The van der Waals surface area contributed by atoms with Crippen molar-refractivity contribution in [3.63, 3.8) is 0 Å². The zero-order valence-corrected chi connectivity index (χ0v) is 9.85. The Hall–Kier alpha value is -1.94. The molecule has 88 valence electrons. The van der Waals surface area contributed by atoms with Gasteiger partial charge in [-0.25, -0.2) is 5.84 Å². The summed E-state index contributed by atoms with van der Waals surface area (Å²) in [6, 6.07) is 10.0. The Balaban J connectivity index is 2.53. The summed E-state index contributed by atoms with van der Waals surface area (Å²) in [5.41, 5.74) is 3.44. The van der Waals surface area contributed by atoms with Crippen molar-refractivity contribution in [1.29, 1.82) is 0 Å². The smallest absolute Gasteiger partial charge is 0.162 e. The lowest BCUT2D eigenvalue weighted by molar-refractivity contribution is 0.905. The number of aliphatic imine (C=N–C) groups is 1. The number of benzene rings is 1. The Kier molecular flexibility index (Phi) is 3.67. The van der Waals surface area contributed by atoms with Crippen molar-refractivity contribution in [2.75, 3.05) is 6.54 Å². The van der Waals surface area contributed by atoms with Crippen molar-refractivity contribution in [3.8, 4) is 0 Å². The fraction of sp³-hybridized carbons (Fsp3) is 0.231. The minimum atomic E-state index is 0.642. The molecule has 0 atom stereocenters. The van der Waals surface area contributed by atoms with E-state index in [4.69, 9.17) is 5.84 Å². The van der Waals surface area contributed by atoms with E-state index in [1.165, 1.54) is 0 Å². The Bertz CT molecular complexity index is 528. The first-order chi connectivity index (χ1) is 8.36. The highest BCUT2D eigenvalue weighted by Gasteiger charge is 2.07. The van der Waals surface area contributed by atoms with E-state index < -0.39 is 0 Å². The van der Waals surface area contributed by atoms with Gasteiger partial charge in [-0.15, -0.1) is 0 Å². The van der Waals surface area contributed by atoms with Crippen LogP contribution in [0.15, 0.2) is 41.5 Å². The molecule has 0 saturated heterocycles. The number of hydrazine groups is 1. The van der Waals surface area contributed by atoms with Crippen molar-refractivity contribution in [1.82, 2.24) is 10.4 Å². The molecule has 4 nitrogen and oxygen atoms in total. The molecule has 3 N–H and O–H groups in total. The number of nitrogens with two attached hydrogens (primary N) is 1. The Morgan fingerprint density at radius 1 is 1.35 bits per heavy atom. The van der Waals surface area contributed by atoms with Gasteiger partial charge in [0, 0.05) is 18.1 Å². The van der Waals surface area contributed by atoms with Gasteiger partial charge >= 0.3 is 0 Å². The standard InChI is InChI=1S/C13H16N4/c1-2-8-16-13(17-14)12-11-6-4-3-5-10(11)7-9-15-12/h3-7,9H,2,8,14H2,1H3,(H,16,17). The molecule has 1 heterocycles. The van der Waals surface area contributed by atoms with Gasteiger partial charge in [-0.1, -0.05) is 31.2 Å². The summed E-state index contributed by atoms with van der Waals surface area (Å²) in [4.78, 5) is 8.76. The summed E-state index contributed by atoms with van der Waals surface area (Å²) < 4.78 is 0. The number of hydrogen-bond acceptors (Lipinski definition) is 3. The molecule has 1 aromatic carbocycles. The van der Waals surface area contributed by atoms with Crippen LogP contribution in [0.4, 0.5) is 0 Å². The minimum absolute atomic E-state index is 0.642. The van der Waals surface area contributed by atoms with Crippen LogP contribution in [-0.4, -0.2) is 17.4 Å². The van der Waals surface area contributed by atoms with Gasteiger partial charge in [-0.2, -0.15) is 0 Å². The number of nitrogens with zero attached hydrogens (tertiary/aromatic N) is 2. The molecule has 0 fully saturated rings. The molecule has 2 rings (SSSR count). The molecule has 0 saturated carbocycles. The highest BCUT2D eigenvalue weighted by Crippen LogP contribution is 2.16. The van der Waals surface area contributed by atoms with Crippen LogP contribution in [0.5, 0.6) is 0 Å². The zero-order chi connectivity index (χ0) is 12.1. The van der Waals surface area contributed by atoms with Crippen molar-refractivity contribution in [2.24, 2.45) is 10.8 Å². The van der Waals surface area contributed by atoms with Crippen LogP contribution in [0.3, 0.4) is 0 Å². The second-order valence-electron chi connectivity index (χ2n) is 3.76. The van der Waals surface area contributed by atoms with Gasteiger partial charge in [0.2, 0.25) is 0 Å². The van der Waals surface area contributed by atoms with Crippen molar-refractivity contribution in [2.45, 2.75) is 13.3 Å². The number of nitrogens with one attached hydrogen (secondary N) is 1. The Morgan fingerprint density at radius 2 is 2.18 bits per heavy atom. The fourth-order valence-electron chi connectivity index (χ4n) is 1.72. The first-order valence-electron chi connectivity index (χ1n) is 5.72. The van der Waals surface area contributed by atoms with Crippen LogP contribution in [-0.2, 0) is 0 Å². The Morgan fingerprint density at radius 3 is 2.94 bits per heavy atom. The lowest BCUT2D eigenvalue weighted by Gasteiger charge is -2.08. The highest BCUT2D eigenvalue weighted by molar-refractivity contribution is 6.07. The van der Waals surface area contributed by atoms with Crippen LogP contribution in [0.1, 0.15) is 19.0 Å². The lowest BCUT2D eigenvalue weighted by Crippen LogP contribution is -2.32. The normalized spacial score (nSPS) is 11.8. The van der Waals surface area contributed by atoms with E-state index in [-0.39, 0.29) is 0 Å². The molecule has 0 unspecified atom stereocenters. The summed E-state index contributed by atoms with van der Waals surface area (Å²) >= 11 is 0. The molecule has 1 aromatic heterocycles. The van der Waals surface area contributed by atoms with Crippen molar-refractivity contribution >= 4 is 16.6 Å². The molecule has 4 heteroatoms. The van der Waals surface area contributed by atoms with Crippen molar-refractivity contribution in [3.05, 3.63) is 42.2 Å². The molecule has 0 amide bonds. The van der Waals surface area contributed by atoms with Gasteiger partial charge in [0.1, 0.15) is 5.69 Å². The largest absolute Gasteiger partial charge is 0.307 e. The number of rotatable bonds is 3. The topological polar surface area (TPSA) is 63.3 Å². The average molecular weight is 228 g/mol. The number of aromatic nitrogens is 1. The molecule has 0 radical (unpaired) electrons. The monoisotopic (exact) mass is 228 g/mol. The van der Waals surface area contributed by atoms with E-state index >= 15 is 0 Å². The first-order valence-corrected chi connectivity index (χ1v) is 5.72. The van der Waals surface area contributed by atoms with E-state index in [1.807, 2.05) is 24.3 Å². The van der Waals surface area contributed by atoms with Crippen LogP contribution < -0.4 is 11.3 Å². The molecule has 0 bridgehead atoms. The van der Waals surface area contributed by atoms with E-state index in [0.717, 1.165) is 29.4 Å². The SMILES string of the molecule is CCCN=C(NN)c1nccc2ccccc12. The molecular formula is C13H16N4. The molecule has 0 aliphatic rings. The molecule has 0 aliphatic heterocycles. The number of fused-ring (bicyclic) bond motifs is 1. The van der Waals surface area contributed by atoms with Gasteiger partial charge < -0.3 is 5.43 Å². The molecule has 0 aliphatic carbocycles. The number of hydrogen-bond donors (Lipinski definition) is 2. The van der Waals surface area contributed by atoms with Crippen LogP contribution in [0.2, 0.25) is 0 Å². The van der Waals surface area contributed by atoms with Crippen molar-refractivity contribution < 1.29 is 0 Å². The maximum Gasteiger partial charge on any atom is 0.162 e. The van der Waals surface area contributed by atoms with Crippen LogP contribution >= 0.6 is 0 Å². The van der Waals surface area contributed by atoms with E-state index in [2.05, 4.69) is 28.4 Å².